The fourth-order valence-corrected chi connectivity index (χ4v) is 5.92. The molecule has 0 aliphatic carbocycles. The summed E-state index contributed by atoms with van der Waals surface area (Å²) in [5.41, 5.74) is 1.85. The first-order valence-electron chi connectivity index (χ1n) is 11.9. The lowest BCUT2D eigenvalue weighted by atomic mass is 9.64. The Balaban J connectivity index is 1.46. The summed E-state index contributed by atoms with van der Waals surface area (Å²) in [6, 6.07) is 20.1. The van der Waals surface area contributed by atoms with E-state index in [0.717, 1.165) is 21.9 Å². The molecule has 0 aromatic heterocycles. The van der Waals surface area contributed by atoms with Crippen molar-refractivity contribution in [3.05, 3.63) is 83.2 Å². The van der Waals surface area contributed by atoms with Crippen LogP contribution in [0.3, 0.4) is 0 Å². The van der Waals surface area contributed by atoms with Gasteiger partial charge in [-0.2, -0.15) is 5.26 Å². The molecule has 0 bridgehead atoms. The Morgan fingerprint density at radius 3 is 2.49 bits per heavy atom. The minimum Gasteiger partial charge on any atom is -0.465 e. The van der Waals surface area contributed by atoms with Gasteiger partial charge < -0.3 is 14.9 Å². The number of halogens is 1. The molecule has 1 atom stereocenters. The van der Waals surface area contributed by atoms with Crippen LogP contribution in [0.5, 0.6) is 0 Å². The van der Waals surface area contributed by atoms with Crippen molar-refractivity contribution in [1.82, 2.24) is 9.80 Å². The van der Waals surface area contributed by atoms with Gasteiger partial charge in [0.25, 0.3) is 0 Å². The average molecular weight is 472 g/mol. The molecule has 2 saturated heterocycles. The second-order valence-corrected chi connectivity index (χ2v) is 9.50. The number of amides is 2. The normalized spacial score (nSPS) is 19.7. The number of nitrogens with zero attached hydrogens (tertiary/aromatic N) is 3. The van der Waals surface area contributed by atoms with Crippen molar-refractivity contribution in [2.45, 2.75) is 31.2 Å². The average Bonchev–Trinajstić information content (AvgIpc) is 3.24. The van der Waals surface area contributed by atoms with Crippen LogP contribution in [0, 0.1) is 23.1 Å². The SMILES string of the molecule is N#Cc1cc(CN2CCC(C3(c4ccc(F)cc4)CCN(C(=O)O)CC3)C2=O)c2ccccc2c1. The first-order chi connectivity index (χ1) is 16.9. The van der Waals surface area contributed by atoms with Crippen molar-refractivity contribution in [1.29, 1.82) is 5.26 Å². The van der Waals surface area contributed by atoms with E-state index in [2.05, 4.69) is 6.07 Å². The van der Waals surface area contributed by atoms with Gasteiger partial charge in [0.2, 0.25) is 5.91 Å². The molecular weight excluding hydrogens is 445 g/mol. The van der Waals surface area contributed by atoms with E-state index >= 15 is 0 Å². The molecule has 7 heteroatoms. The molecule has 2 aliphatic rings. The highest BCUT2D eigenvalue weighted by atomic mass is 19.1. The van der Waals surface area contributed by atoms with E-state index in [1.807, 2.05) is 41.3 Å². The summed E-state index contributed by atoms with van der Waals surface area (Å²) >= 11 is 0. The molecule has 2 fully saturated rings. The number of nitriles is 1. The fourth-order valence-electron chi connectivity index (χ4n) is 5.92. The second-order valence-electron chi connectivity index (χ2n) is 9.50. The van der Waals surface area contributed by atoms with E-state index in [1.54, 1.807) is 12.1 Å². The van der Waals surface area contributed by atoms with Crippen LogP contribution < -0.4 is 0 Å². The first kappa shape index (κ1) is 22.9. The minimum absolute atomic E-state index is 0.0320. The lowest BCUT2D eigenvalue weighted by Gasteiger charge is -2.44. The van der Waals surface area contributed by atoms with Crippen LogP contribution in [0.2, 0.25) is 0 Å². The molecule has 0 radical (unpaired) electrons. The summed E-state index contributed by atoms with van der Waals surface area (Å²) in [5, 5.41) is 20.9. The lowest BCUT2D eigenvalue weighted by Crippen LogP contribution is -2.50. The maximum atomic E-state index is 13.8. The second kappa shape index (κ2) is 9.03. The largest absolute Gasteiger partial charge is 0.465 e. The minimum atomic E-state index is -0.957. The zero-order valence-corrected chi connectivity index (χ0v) is 19.3. The molecule has 2 aliphatic heterocycles. The number of hydrogen-bond donors (Lipinski definition) is 1. The van der Waals surface area contributed by atoms with Crippen LogP contribution in [-0.2, 0) is 16.8 Å². The summed E-state index contributed by atoms with van der Waals surface area (Å²) < 4.78 is 13.7. The molecule has 3 aromatic carbocycles. The summed E-state index contributed by atoms with van der Waals surface area (Å²) in [4.78, 5) is 28.6. The maximum Gasteiger partial charge on any atom is 0.407 e. The standard InChI is InChI=1S/C28H26FN3O3/c29-23-7-5-22(6-8-23)28(10-13-31(14-11-28)27(34)35)25-9-12-32(26(25)33)18-21-16-19(17-30)15-20-3-1-2-4-24(20)21/h1-8,15-16,25H,9-14,18H2,(H,34,35). The zero-order valence-electron chi connectivity index (χ0n) is 19.3. The Bertz CT molecular complexity index is 1320. The molecule has 3 aromatic rings. The van der Waals surface area contributed by atoms with Gasteiger partial charge in [-0.15, -0.1) is 0 Å². The molecular formula is C28H26FN3O3. The smallest absolute Gasteiger partial charge is 0.407 e. The number of rotatable bonds is 4. The highest BCUT2D eigenvalue weighted by Crippen LogP contribution is 2.46. The lowest BCUT2D eigenvalue weighted by molar-refractivity contribution is -0.134. The highest BCUT2D eigenvalue weighted by Gasteiger charge is 2.50. The van der Waals surface area contributed by atoms with Crippen LogP contribution in [0.15, 0.2) is 60.7 Å². The molecule has 0 spiro atoms. The number of likely N-dealkylation sites (tertiary alicyclic amines) is 2. The summed E-state index contributed by atoms with van der Waals surface area (Å²) in [5.74, 6) is -0.616. The number of benzene rings is 3. The van der Waals surface area contributed by atoms with E-state index in [9.17, 15) is 24.3 Å². The Labute approximate surface area is 203 Å². The van der Waals surface area contributed by atoms with E-state index < -0.39 is 11.5 Å². The Morgan fingerprint density at radius 1 is 1.09 bits per heavy atom. The van der Waals surface area contributed by atoms with Gasteiger partial charge in [0.15, 0.2) is 0 Å². The summed E-state index contributed by atoms with van der Waals surface area (Å²) in [6.45, 7) is 1.67. The Kier molecular flexibility index (Phi) is 5.89. The van der Waals surface area contributed by atoms with E-state index in [1.165, 1.54) is 17.0 Å². The van der Waals surface area contributed by atoms with Gasteiger partial charge in [-0.05, 0) is 65.4 Å². The van der Waals surface area contributed by atoms with Crippen molar-refractivity contribution in [3.63, 3.8) is 0 Å². The van der Waals surface area contributed by atoms with E-state index in [0.29, 0.717) is 51.0 Å². The number of piperidine rings is 1. The summed E-state index contributed by atoms with van der Waals surface area (Å²) in [7, 11) is 0. The molecule has 5 rings (SSSR count). The van der Waals surface area contributed by atoms with Gasteiger partial charge in [-0.3, -0.25) is 4.79 Å². The molecule has 1 N–H and O–H groups in total. The molecule has 35 heavy (non-hydrogen) atoms. The topological polar surface area (TPSA) is 84.6 Å². The van der Waals surface area contributed by atoms with Crippen LogP contribution in [-0.4, -0.2) is 46.5 Å². The number of carboxylic acid groups (broad SMARTS) is 1. The molecule has 6 nitrogen and oxygen atoms in total. The third kappa shape index (κ3) is 4.10. The van der Waals surface area contributed by atoms with Crippen molar-refractivity contribution in [2.24, 2.45) is 5.92 Å². The van der Waals surface area contributed by atoms with Gasteiger partial charge in [0.1, 0.15) is 5.82 Å². The van der Waals surface area contributed by atoms with E-state index in [-0.39, 0.29) is 17.6 Å². The molecule has 178 valence electrons. The Morgan fingerprint density at radius 2 is 1.80 bits per heavy atom. The van der Waals surface area contributed by atoms with Crippen molar-refractivity contribution >= 4 is 22.8 Å². The van der Waals surface area contributed by atoms with Crippen LogP contribution >= 0.6 is 0 Å². The number of carbonyl (C=O) groups is 2. The third-order valence-electron chi connectivity index (χ3n) is 7.75. The van der Waals surface area contributed by atoms with Gasteiger partial charge in [-0.25, -0.2) is 9.18 Å². The zero-order chi connectivity index (χ0) is 24.6. The van der Waals surface area contributed by atoms with E-state index in [4.69, 9.17) is 0 Å². The van der Waals surface area contributed by atoms with Crippen molar-refractivity contribution in [3.8, 4) is 6.07 Å². The van der Waals surface area contributed by atoms with Crippen LogP contribution in [0.25, 0.3) is 10.8 Å². The van der Waals surface area contributed by atoms with Crippen LogP contribution in [0.1, 0.15) is 36.0 Å². The summed E-state index contributed by atoms with van der Waals surface area (Å²) in [6.07, 6.45) is 0.727. The molecule has 1 unspecified atom stereocenters. The molecule has 0 saturated carbocycles. The first-order valence-corrected chi connectivity index (χ1v) is 11.9. The van der Waals surface area contributed by atoms with Crippen molar-refractivity contribution in [2.75, 3.05) is 19.6 Å². The van der Waals surface area contributed by atoms with Gasteiger partial charge >= 0.3 is 6.09 Å². The number of carbonyl (C=O) groups excluding carboxylic acids is 1. The van der Waals surface area contributed by atoms with Gasteiger partial charge in [-0.1, -0.05) is 36.4 Å². The number of hydrogen-bond acceptors (Lipinski definition) is 3. The predicted octanol–water partition coefficient (Wildman–Crippen LogP) is 4.91. The number of fused-ring (bicyclic) bond motifs is 1. The van der Waals surface area contributed by atoms with Crippen molar-refractivity contribution < 1.29 is 19.1 Å². The predicted molar refractivity (Wildman–Crippen MR) is 129 cm³/mol. The van der Waals surface area contributed by atoms with Gasteiger partial charge in [0.05, 0.1) is 11.6 Å². The van der Waals surface area contributed by atoms with Gasteiger partial charge in [0, 0.05) is 37.5 Å². The Hall–Kier alpha value is -3.92. The van der Waals surface area contributed by atoms with Crippen LogP contribution in [0.4, 0.5) is 9.18 Å². The third-order valence-corrected chi connectivity index (χ3v) is 7.75. The fraction of sp³-hybridized carbons (Fsp3) is 0.321. The maximum absolute atomic E-state index is 13.8. The molecule has 2 amide bonds. The highest BCUT2D eigenvalue weighted by molar-refractivity contribution is 5.88. The monoisotopic (exact) mass is 471 g/mol. The molecule has 2 heterocycles. The quantitative estimate of drug-likeness (QED) is 0.586.